The van der Waals surface area contributed by atoms with Crippen LogP contribution in [0.25, 0.3) is 0 Å². The zero-order chi connectivity index (χ0) is 14.4. The Labute approximate surface area is 118 Å². The second-order valence-electron chi connectivity index (χ2n) is 4.79. The topological polar surface area (TPSA) is 58.6 Å². The van der Waals surface area contributed by atoms with Crippen molar-refractivity contribution in [2.45, 2.75) is 45.8 Å². The van der Waals surface area contributed by atoms with Gasteiger partial charge in [0.05, 0.1) is 11.1 Å². The molecule has 0 heterocycles. The minimum atomic E-state index is -0.785. The SMILES string of the molecule is CC(CCC(=O)O)Nc1ccc(OC(C)C)c(Cl)c1. The fraction of sp³-hybridized carbons (Fsp3) is 0.500. The molecule has 106 valence electrons. The van der Waals surface area contributed by atoms with E-state index in [-0.39, 0.29) is 18.6 Å². The molecule has 0 bridgehead atoms. The molecular formula is C14H20ClNO3. The van der Waals surface area contributed by atoms with Gasteiger partial charge in [-0.25, -0.2) is 0 Å². The molecule has 1 atom stereocenters. The molecule has 0 saturated carbocycles. The highest BCUT2D eigenvalue weighted by molar-refractivity contribution is 6.32. The summed E-state index contributed by atoms with van der Waals surface area (Å²) >= 11 is 6.13. The van der Waals surface area contributed by atoms with Crippen LogP contribution in [0.1, 0.15) is 33.6 Å². The molecule has 1 aromatic carbocycles. The second-order valence-corrected chi connectivity index (χ2v) is 5.20. The third-order valence-corrected chi connectivity index (χ3v) is 2.79. The Hall–Kier alpha value is -1.42. The van der Waals surface area contributed by atoms with Crippen molar-refractivity contribution in [1.82, 2.24) is 0 Å². The molecule has 5 heteroatoms. The highest BCUT2D eigenvalue weighted by Crippen LogP contribution is 2.28. The van der Waals surface area contributed by atoms with E-state index in [0.717, 1.165) is 5.69 Å². The molecule has 0 radical (unpaired) electrons. The maximum atomic E-state index is 10.5. The molecule has 19 heavy (non-hydrogen) atoms. The summed E-state index contributed by atoms with van der Waals surface area (Å²) in [6.07, 6.45) is 0.791. The molecule has 0 aliphatic rings. The average molecular weight is 286 g/mol. The number of benzene rings is 1. The van der Waals surface area contributed by atoms with Crippen molar-refractivity contribution in [2.24, 2.45) is 0 Å². The van der Waals surface area contributed by atoms with Gasteiger partial charge in [0.2, 0.25) is 0 Å². The number of carboxylic acids is 1. The van der Waals surface area contributed by atoms with E-state index < -0.39 is 5.97 Å². The fourth-order valence-corrected chi connectivity index (χ4v) is 1.86. The molecule has 4 nitrogen and oxygen atoms in total. The molecule has 0 aromatic heterocycles. The first-order chi connectivity index (χ1) is 8.88. The van der Waals surface area contributed by atoms with Crippen LogP contribution >= 0.6 is 11.6 Å². The summed E-state index contributed by atoms with van der Waals surface area (Å²) in [4.78, 5) is 10.5. The van der Waals surface area contributed by atoms with Gasteiger partial charge in [-0.3, -0.25) is 4.79 Å². The predicted molar refractivity (Wildman–Crippen MR) is 77.2 cm³/mol. The number of rotatable bonds is 7. The molecule has 1 rings (SSSR count). The van der Waals surface area contributed by atoms with Gasteiger partial charge in [-0.05, 0) is 45.4 Å². The Bertz CT molecular complexity index is 435. The minimum absolute atomic E-state index is 0.0732. The Kier molecular flexibility index (Phi) is 5.96. The quantitative estimate of drug-likeness (QED) is 0.800. The molecule has 2 N–H and O–H groups in total. The summed E-state index contributed by atoms with van der Waals surface area (Å²) in [6, 6.07) is 5.55. The van der Waals surface area contributed by atoms with Crippen molar-refractivity contribution in [3.05, 3.63) is 23.2 Å². The van der Waals surface area contributed by atoms with Crippen molar-refractivity contribution in [2.75, 3.05) is 5.32 Å². The largest absolute Gasteiger partial charge is 0.489 e. The van der Waals surface area contributed by atoms with Gasteiger partial charge in [0.25, 0.3) is 0 Å². The lowest BCUT2D eigenvalue weighted by Crippen LogP contribution is -2.16. The smallest absolute Gasteiger partial charge is 0.303 e. The molecule has 0 amide bonds. The maximum Gasteiger partial charge on any atom is 0.303 e. The number of nitrogens with one attached hydrogen (secondary N) is 1. The van der Waals surface area contributed by atoms with Gasteiger partial charge in [0.15, 0.2) is 0 Å². The lowest BCUT2D eigenvalue weighted by Gasteiger charge is -2.16. The third kappa shape index (κ3) is 5.83. The zero-order valence-electron chi connectivity index (χ0n) is 11.4. The van der Waals surface area contributed by atoms with E-state index in [1.807, 2.05) is 32.9 Å². The van der Waals surface area contributed by atoms with Gasteiger partial charge in [-0.2, -0.15) is 0 Å². The summed E-state index contributed by atoms with van der Waals surface area (Å²) in [6.45, 7) is 5.82. The number of hydrogen-bond donors (Lipinski definition) is 2. The Balaban J connectivity index is 2.60. The van der Waals surface area contributed by atoms with Gasteiger partial charge in [-0.15, -0.1) is 0 Å². The highest BCUT2D eigenvalue weighted by atomic mass is 35.5. The van der Waals surface area contributed by atoms with E-state index >= 15 is 0 Å². The van der Waals surface area contributed by atoms with E-state index in [2.05, 4.69) is 5.32 Å². The number of aliphatic carboxylic acids is 1. The first-order valence-corrected chi connectivity index (χ1v) is 6.71. The van der Waals surface area contributed by atoms with Crippen LogP contribution in [0.3, 0.4) is 0 Å². The lowest BCUT2D eigenvalue weighted by atomic mass is 10.1. The molecule has 1 unspecified atom stereocenters. The van der Waals surface area contributed by atoms with Crippen molar-refractivity contribution in [1.29, 1.82) is 0 Å². The van der Waals surface area contributed by atoms with Gasteiger partial charge in [-0.1, -0.05) is 11.6 Å². The summed E-state index contributed by atoms with van der Waals surface area (Å²) in [5.41, 5.74) is 0.860. The average Bonchev–Trinajstić information content (AvgIpc) is 2.29. The first-order valence-electron chi connectivity index (χ1n) is 6.33. The number of ether oxygens (including phenoxy) is 1. The van der Waals surface area contributed by atoms with Crippen molar-refractivity contribution < 1.29 is 14.6 Å². The first kappa shape index (κ1) is 15.6. The highest BCUT2D eigenvalue weighted by Gasteiger charge is 2.08. The monoisotopic (exact) mass is 285 g/mol. The van der Waals surface area contributed by atoms with Gasteiger partial charge in [0, 0.05) is 18.2 Å². The lowest BCUT2D eigenvalue weighted by molar-refractivity contribution is -0.137. The van der Waals surface area contributed by atoms with Crippen LogP contribution in [0.5, 0.6) is 5.75 Å². The van der Waals surface area contributed by atoms with Crippen LogP contribution in [0.15, 0.2) is 18.2 Å². The number of halogens is 1. The standard InChI is InChI=1S/C14H20ClNO3/c1-9(2)19-13-6-5-11(8-12(13)15)16-10(3)4-7-14(17)18/h5-6,8-10,16H,4,7H2,1-3H3,(H,17,18). The van der Waals surface area contributed by atoms with Crippen molar-refractivity contribution in [3.63, 3.8) is 0 Å². The fourth-order valence-electron chi connectivity index (χ4n) is 1.64. The zero-order valence-corrected chi connectivity index (χ0v) is 12.2. The maximum absolute atomic E-state index is 10.5. The molecule has 0 saturated heterocycles. The van der Waals surface area contributed by atoms with Crippen LogP contribution in [0.4, 0.5) is 5.69 Å². The normalized spacial score (nSPS) is 12.3. The number of carboxylic acid groups (broad SMARTS) is 1. The van der Waals surface area contributed by atoms with Crippen LogP contribution in [0.2, 0.25) is 5.02 Å². The van der Waals surface area contributed by atoms with E-state index in [1.54, 1.807) is 6.07 Å². The summed E-state index contributed by atoms with van der Waals surface area (Å²) in [7, 11) is 0. The summed E-state index contributed by atoms with van der Waals surface area (Å²) in [5.74, 6) is -0.132. The van der Waals surface area contributed by atoms with Crippen LogP contribution in [-0.4, -0.2) is 23.2 Å². The number of anilines is 1. The van der Waals surface area contributed by atoms with Crippen LogP contribution in [-0.2, 0) is 4.79 Å². The minimum Gasteiger partial charge on any atom is -0.489 e. The predicted octanol–water partition coefficient (Wildman–Crippen LogP) is 3.79. The van der Waals surface area contributed by atoms with E-state index in [0.29, 0.717) is 17.2 Å². The van der Waals surface area contributed by atoms with Crippen molar-refractivity contribution >= 4 is 23.3 Å². The molecule has 0 fully saturated rings. The molecule has 1 aromatic rings. The summed E-state index contributed by atoms with van der Waals surface area (Å²) < 4.78 is 5.55. The van der Waals surface area contributed by atoms with Crippen molar-refractivity contribution in [3.8, 4) is 5.75 Å². The summed E-state index contributed by atoms with van der Waals surface area (Å²) in [5, 5.41) is 12.4. The van der Waals surface area contributed by atoms with Gasteiger partial charge in [0.1, 0.15) is 5.75 Å². The third-order valence-electron chi connectivity index (χ3n) is 2.50. The van der Waals surface area contributed by atoms with E-state index in [9.17, 15) is 4.79 Å². The van der Waals surface area contributed by atoms with E-state index in [4.69, 9.17) is 21.4 Å². The Morgan fingerprint density at radius 3 is 2.63 bits per heavy atom. The Morgan fingerprint density at radius 2 is 2.11 bits per heavy atom. The molecular weight excluding hydrogens is 266 g/mol. The van der Waals surface area contributed by atoms with Gasteiger partial charge >= 0.3 is 5.97 Å². The molecule has 0 spiro atoms. The van der Waals surface area contributed by atoms with Crippen LogP contribution in [0, 0.1) is 0 Å². The molecule has 0 aliphatic heterocycles. The number of carbonyl (C=O) groups is 1. The molecule has 0 aliphatic carbocycles. The second kappa shape index (κ2) is 7.24. The Morgan fingerprint density at radius 1 is 1.42 bits per heavy atom. The number of hydrogen-bond acceptors (Lipinski definition) is 3. The van der Waals surface area contributed by atoms with Gasteiger partial charge < -0.3 is 15.2 Å². The van der Waals surface area contributed by atoms with E-state index in [1.165, 1.54) is 0 Å². The van der Waals surface area contributed by atoms with Crippen LogP contribution < -0.4 is 10.1 Å².